The average Bonchev–Trinajstić information content (AvgIpc) is 2.69. The molecule has 24 heavy (non-hydrogen) atoms. The minimum Gasteiger partial charge on any atom is -0.508 e. The van der Waals surface area contributed by atoms with Gasteiger partial charge in [0.25, 0.3) is 0 Å². The van der Waals surface area contributed by atoms with E-state index in [0.717, 1.165) is 12.0 Å². The average molecular weight is 333 g/mol. The van der Waals surface area contributed by atoms with Gasteiger partial charge in [-0.25, -0.2) is 0 Å². The van der Waals surface area contributed by atoms with E-state index in [2.05, 4.69) is 59.6 Å². The molecule has 0 heterocycles. The van der Waals surface area contributed by atoms with Crippen LogP contribution in [0.25, 0.3) is 0 Å². The highest BCUT2D eigenvalue weighted by Gasteiger charge is 1.98. The molecule has 1 heteroatoms. The van der Waals surface area contributed by atoms with Crippen molar-refractivity contribution in [3.05, 3.63) is 82.5 Å². The fourth-order valence-electron chi connectivity index (χ4n) is 1.99. The third-order valence-corrected chi connectivity index (χ3v) is 3.04. The van der Waals surface area contributed by atoms with E-state index >= 15 is 0 Å². The number of rotatable bonds is 8. The molecule has 1 rings (SSSR count). The Morgan fingerprint density at radius 1 is 0.667 bits per heavy atom. The monoisotopic (exact) mass is 332 g/mol. The van der Waals surface area contributed by atoms with Crippen molar-refractivity contribution >= 4 is 0 Å². The van der Waals surface area contributed by atoms with E-state index in [9.17, 15) is 5.11 Å². The zero-order valence-electron chi connectivity index (χ0n) is 16.1. The highest BCUT2D eigenvalue weighted by Crippen LogP contribution is 2.18. The summed E-state index contributed by atoms with van der Waals surface area (Å²) in [5, 5.41) is 9.58. The Labute approximate surface area is 152 Å². The van der Waals surface area contributed by atoms with E-state index < -0.39 is 0 Å². The lowest BCUT2D eigenvalue weighted by Crippen LogP contribution is -1.87. The Morgan fingerprint density at radius 2 is 1.08 bits per heavy atom. The maximum absolute atomic E-state index is 9.58. The molecule has 0 amide bonds. The number of unbranched alkanes of at least 4 members (excludes halogenated alkanes) is 6. The van der Waals surface area contributed by atoms with Crippen LogP contribution < -0.4 is 0 Å². The van der Waals surface area contributed by atoms with Crippen molar-refractivity contribution < 1.29 is 5.11 Å². The lowest BCUT2D eigenvalue weighted by molar-refractivity contribution is 0.466. The van der Waals surface area contributed by atoms with E-state index in [-0.39, 0.29) is 0 Å². The highest BCUT2D eigenvalue weighted by atomic mass is 16.3. The summed E-state index contributed by atoms with van der Waals surface area (Å²) >= 11 is 0. The molecule has 0 aliphatic rings. The van der Waals surface area contributed by atoms with E-state index in [4.69, 9.17) is 0 Å². The van der Waals surface area contributed by atoms with Gasteiger partial charge in [-0.1, -0.05) is 63.6 Å². The van der Waals surface area contributed by atoms with Gasteiger partial charge in [0, 0.05) is 0 Å². The molecule has 0 unspecified atom stereocenters. The first-order valence-corrected chi connectivity index (χ1v) is 8.61. The molecule has 1 nitrogen and oxygen atoms in total. The quantitative estimate of drug-likeness (QED) is 0.379. The molecule has 1 N–H and O–H groups in total. The molecule has 1 aromatic rings. The number of aryl methyl sites for hydroxylation is 1. The van der Waals surface area contributed by atoms with Crippen molar-refractivity contribution in [2.45, 2.75) is 58.3 Å². The molecule has 138 valence electrons. The predicted octanol–water partition coefficient (Wildman–Crippen LogP) is 7.89. The standard InChI is InChI=1S/C15H24O.4C2H4/c1-2-3-4-5-6-7-8-11-14-12-9-10-13-15(14)16;4*1-2/h9-10,12-13,16H,2-8,11H2,1H3;4*1-2H2. The fourth-order valence-corrected chi connectivity index (χ4v) is 1.99. The summed E-state index contributed by atoms with van der Waals surface area (Å²) in [5.74, 6) is 0.452. The largest absolute Gasteiger partial charge is 0.508 e. The molecule has 0 aliphatic heterocycles. The van der Waals surface area contributed by atoms with Crippen molar-refractivity contribution in [3.8, 4) is 5.75 Å². The molecule has 0 saturated carbocycles. The Bertz CT molecular complexity index is 325. The molecule has 0 bridgehead atoms. The van der Waals surface area contributed by atoms with Gasteiger partial charge in [0.05, 0.1) is 0 Å². The number of hydrogen-bond donors (Lipinski definition) is 1. The van der Waals surface area contributed by atoms with Crippen LogP contribution in [0.5, 0.6) is 5.75 Å². The zero-order valence-corrected chi connectivity index (χ0v) is 16.1. The summed E-state index contributed by atoms with van der Waals surface area (Å²) in [7, 11) is 0. The Hall–Kier alpha value is -2.02. The molecule has 0 fully saturated rings. The van der Waals surface area contributed by atoms with Crippen LogP contribution in [0.1, 0.15) is 57.4 Å². The van der Waals surface area contributed by atoms with Crippen LogP contribution >= 0.6 is 0 Å². The van der Waals surface area contributed by atoms with Crippen molar-refractivity contribution in [3.63, 3.8) is 0 Å². The summed E-state index contributed by atoms with van der Waals surface area (Å²) in [6, 6.07) is 7.67. The summed E-state index contributed by atoms with van der Waals surface area (Å²) in [4.78, 5) is 0. The summed E-state index contributed by atoms with van der Waals surface area (Å²) in [5.41, 5.74) is 1.09. The molecule has 0 radical (unpaired) electrons. The highest BCUT2D eigenvalue weighted by molar-refractivity contribution is 5.31. The molecule has 1 aromatic carbocycles. The van der Waals surface area contributed by atoms with Crippen LogP contribution in [0.15, 0.2) is 76.9 Å². The number of benzene rings is 1. The second-order valence-electron chi connectivity index (χ2n) is 4.50. The first-order valence-electron chi connectivity index (χ1n) is 8.61. The molecular formula is C23H40O. The second kappa shape index (κ2) is 32.8. The zero-order chi connectivity index (χ0) is 19.6. The number of aromatic hydroxyl groups is 1. The molecular weight excluding hydrogens is 292 g/mol. The number of phenols is 1. The van der Waals surface area contributed by atoms with E-state index in [1.54, 1.807) is 6.07 Å². The summed E-state index contributed by atoms with van der Waals surface area (Å²) in [6.45, 7) is 26.2. The van der Waals surface area contributed by atoms with Crippen LogP contribution in [0, 0.1) is 0 Å². The fraction of sp³-hybridized carbons (Fsp3) is 0.391. The maximum Gasteiger partial charge on any atom is 0.118 e. The molecule has 0 saturated heterocycles. The van der Waals surface area contributed by atoms with Gasteiger partial charge in [-0.3, -0.25) is 0 Å². The Kier molecular flexibility index (Phi) is 40.9. The van der Waals surface area contributed by atoms with Crippen molar-refractivity contribution in [2.75, 3.05) is 0 Å². The van der Waals surface area contributed by atoms with E-state index in [1.165, 1.54) is 44.9 Å². The van der Waals surface area contributed by atoms with Gasteiger partial charge >= 0.3 is 0 Å². The first-order chi connectivity index (χ1) is 11.8. The van der Waals surface area contributed by atoms with Crippen LogP contribution in [0.2, 0.25) is 0 Å². The van der Waals surface area contributed by atoms with Crippen molar-refractivity contribution in [1.82, 2.24) is 0 Å². The van der Waals surface area contributed by atoms with Crippen molar-refractivity contribution in [1.29, 1.82) is 0 Å². The van der Waals surface area contributed by atoms with Crippen LogP contribution in [0.3, 0.4) is 0 Å². The first kappa shape index (κ1) is 29.9. The minimum atomic E-state index is 0.452. The maximum atomic E-state index is 9.58. The van der Waals surface area contributed by atoms with Gasteiger partial charge in [0.2, 0.25) is 0 Å². The normalized spacial score (nSPS) is 7.71. The van der Waals surface area contributed by atoms with Crippen LogP contribution in [-0.4, -0.2) is 5.11 Å². The van der Waals surface area contributed by atoms with E-state index in [1.807, 2.05) is 18.2 Å². The lowest BCUT2D eigenvalue weighted by atomic mass is 10.0. The summed E-state index contributed by atoms with van der Waals surface area (Å²) < 4.78 is 0. The molecule has 0 aromatic heterocycles. The molecule has 0 atom stereocenters. The van der Waals surface area contributed by atoms with Gasteiger partial charge in [-0.15, -0.1) is 52.6 Å². The van der Waals surface area contributed by atoms with E-state index in [0.29, 0.717) is 5.75 Å². The topological polar surface area (TPSA) is 20.2 Å². The van der Waals surface area contributed by atoms with Crippen molar-refractivity contribution in [2.24, 2.45) is 0 Å². The third kappa shape index (κ3) is 22.3. The summed E-state index contributed by atoms with van der Waals surface area (Å²) in [6.07, 6.45) is 10.3. The van der Waals surface area contributed by atoms with Gasteiger partial charge in [-0.2, -0.15) is 0 Å². The number of hydrogen-bond acceptors (Lipinski definition) is 1. The Morgan fingerprint density at radius 3 is 1.54 bits per heavy atom. The Balaban J connectivity index is -0.000000218. The van der Waals surface area contributed by atoms with Crippen LogP contribution in [-0.2, 0) is 6.42 Å². The van der Waals surface area contributed by atoms with Gasteiger partial charge in [0.1, 0.15) is 5.75 Å². The number of para-hydroxylation sites is 1. The van der Waals surface area contributed by atoms with Gasteiger partial charge in [-0.05, 0) is 24.5 Å². The number of phenolic OH excluding ortho intramolecular Hbond substituents is 1. The third-order valence-electron chi connectivity index (χ3n) is 3.04. The predicted molar refractivity (Wildman–Crippen MR) is 115 cm³/mol. The SMILES string of the molecule is C=C.C=C.C=C.C=C.CCCCCCCCCc1ccccc1O. The second-order valence-corrected chi connectivity index (χ2v) is 4.50. The van der Waals surface area contributed by atoms with Crippen LogP contribution in [0.4, 0.5) is 0 Å². The minimum absolute atomic E-state index is 0.452. The van der Waals surface area contributed by atoms with Gasteiger partial charge < -0.3 is 5.11 Å². The molecule has 0 aliphatic carbocycles. The molecule has 0 spiro atoms. The smallest absolute Gasteiger partial charge is 0.118 e. The lowest BCUT2D eigenvalue weighted by Gasteiger charge is -2.04. The van der Waals surface area contributed by atoms with Gasteiger partial charge in [0.15, 0.2) is 0 Å².